The molecule has 1 aromatic heterocycles. The van der Waals surface area contributed by atoms with Gasteiger partial charge < -0.3 is 5.32 Å². The third-order valence-corrected chi connectivity index (χ3v) is 4.76. The summed E-state index contributed by atoms with van der Waals surface area (Å²) in [5.74, 6) is 0.378. The summed E-state index contributed by atoms with van der Waals surface area (Å²) in [4.78, 5) is 13.5. The van der Waals surface area contributed by atoms with E-state index < -0.39 is 0 Å². The zero-order valence-corrected chi connectivity index (χ0v) is 11.7. The molecular weight excluding hydrogens is 254 g/mol. The highest BCUT2D eigenvalue weighted by Crippen LogP contribution is 2.34. The van der Waals surface area contributed by atoms with Crippen LogP contribution < -0.4 is 5.32 Å². The van der Waals surface area contributed by atoms with Crippen molar-refractivity contribution in [3.05, 3.63) is 21.3 Å². The SMILES string of the molecule is CCCC1(C(=O)Cc2ccc(Cl)s2)CCNC1. The van der Waals surface area contributed by atoms with Gasteiger partial charge in [0, 0.05) is 23.3 Å². The molecule has 1 fully saturated rings. The van der Waals surface area contributed by atoms with Crippen LogP contribution in [0.3, 0.4) is 0 Å². The van der Waals surface area contributed by atoms with E-state index >= 15 is 0 Å². The quantitative estimate of drug-likeness (QED) is 0.890. The van der Waals surface area contributed by atoms with Crippen molar-refractivity contribution < 1.29 is 4.79 Å². The van der Waals surface area contributed by atoms with Crippen LogP contribution in [0.15, 0.2) is 12.1 Å². The predicted octanol–water partition coefficient (Wildman–Crippen LogP) is 3.29. The molecule has 1 aliphatic heterocycles. The molecule has 1 saturated heterocycles. The van der Waals surface area contributed by atoms with Gasteiger partial charge >= 0.3 is 0 Å². The van der Waals surface area contributed by atoms with Crippen molar-refractivity contribution in [1.82, 2.24) is 5.32 Å². The second-order valence-corrected chi connectivity index (χ2v) is 6.56. The van der Waals surface area contributed by atoms with Crippen LogP contribution in [0, 0.1) is 5.41 Å². The number of Topliss-reactive ketones (excluding diaryl/α,β-unsaturated/α-hetero) is 1. The summed E-state index contributed by atoms with van der Waals surface area (Å²) in [7, 11) is 0. The average molecular weight is 272 g/mol. The number of hydrogen-bond donors (Lipinski definition) is 1. The molecule has 1 aliphatic rings. The number of rotatable bonds is 5. The third-order valence-electron chi connectivity index (χ3n) is 3.53. The lowest BCUT2D eigenvalue weighted by molar-refractivity contribution is -0.127. The Hall–Kier alpha value is -0.380. The second kappa shape index (κ2) is 5.51. The Morgan fingerprint density at radius 1 is 1.59 bits per heavy atom. The molecule has 4 heteroatoms. The van der Waals surface area contributed by atoms with Crippen LogP contribution in [0.5, 0.6) is 0 Å². The summed E-state index contributed by atoms with van der Waals surface area (Å²) in [6.07, 6.45) is 3.59. The largest absolute Gasteiger partial charge is 0.316 e. The first-order chi connectivity index (χ1) is 8.16. The van der Waals surface area contributed by atoms with Crippen molar-refractivity contribution in [2.24, 2.45) is 5.41 Å². The fourth-order valence-electron chi connectivity index (χ4n) is 2.61. The van der Waals surface area contributed by atoms with Crippen LogP contribution >= 0.6 is 22.9 Å². The molecule has 2 heterocycles. The van der Waals surface area contributed by atoms with Crippen molar-refractivity contribution in [3.63, 3.8) is 0 Å². The molecule has 17 heavy (non-hydrogen) atoms. The summed E-state index contributed by atoms with van der Waals surface area (Å²) >= 11 is 7.41. The highest BCUT2D eigenvalue weighted by molar-refractivity contribution is 7.16. The summed E-state index contributed by atoms with van der Waals surface area (Å²) in [6.45, 7) is 3.96. The first-order valence-corrected chi connectivity index (χ1v) is 7.34. The highest BCUT2D eigenvalue weighted by Gasteiger charge is 2.39. The Morgan fingerprint density at radius 2 is 2.41 bits per heavy atom. The van der Waals surface area contributed by atoms with Crippen molar-refractivity contribution in [2.75, 3.05) is 13.1 Å². The van der Waals surface area contributed by atoms with Crippen molar-refractivity contribution in [1.29, 1.82) is 0 Å². The average Bonchev–Trinajstić information content (AvgIpc) is 2.89. The molecule has 0 aliphatic carbocycles. The van der Waals surface area contributed by atoms with Gasteiger partial charge in [0.15, 0.2) is 0 Å². The molecule has 0 bridgehead atoms. The van der Waals surface area contributed by atoms with Crippen molar-refractivity contribution >= 4 is 28.7 Å². The Labute approximate surface area is 111 Å². The minimum atomic E-state index is -0.120. The van der Waals surface area contributed by atoms with Crippen LogP contribution in [0.2, 0.25) is 4.34 Å². The molecule has 1 atom stereocenters. The summed E-state index contributed by atoms with van der Waals surface area (Å²) in [5, 5.41) is 3.33. The lowest BCUT2D eigenvalue weighted by Gasteiger charge is -2.25. The summed E-state index contributed by atoms with van der Waals surface area (Å²) in [6, 6.07) is 3.83. The zero-order chi connectivity index (χ0) is 12.3. The first-order valence-electron chi connectivity index (χ1n) is 6.14. The Morgan fingerprint density at radius 3 is 2.94 bits per heavy atom. The van der Waals surface area contributed by atoms with Gasteiger partial charge in [0.05, 0.1) is 4.34 Å². The maximum atomic E-state index is 12.5. The third kappa shape index (κ3) is 2.90. The Bertz CT molecular complexity index is 396. The number of nitrogens with one attached hydrogen (secondary N) is 1. The summed E-state index contributed by atoms with van der Waals surface area (Å²) < 4.78 is 0.766. The molecule has 0 amide bonds. The number of thiophene rings is 1. The molecule has 1 N–H and O–H groups in total. The van der Waals surface area contributed by atoms with Gasteiger partial charge in [0.2, 0.25) is 0 Å². The topological polar surface area (TPSA) is 29.1 Å². The van der Waals surface area contributed by atoms with Gasteiger partial charge in [-0.3, -0.25) is 4.79 Å². The van der Waals surface area contributed by atoms with E-state index in [1.807, 2.05) is 12.1 Å². The molecule has 0 saturated carbocycles. The number of carbonyl (C=O) groups is 1. The molecule has 0 radical (unpaired) electrons. The number of carbonyl (C=O) groups excluding carboxylic acids is 1. The van der Waals surface area contributed by atoms with E-state index in [4.69, 9.17) is 11.6 Å². The van der Waals surface area contributed by atoms with Gasteiger partial charge in [-0.15, -0.1) is 11.3 Å². The van der Waals surface area contributed by atoms with Gasteiger partial charge in [-0.1, -0.05) is 24.9 Å². The maximum Gasteiger partial charge on any atom is 0.145 e. The molecule has 0 spiro atoms. The van der Waals surface area contributed by atoms with E-state index in [2.05, 4.69) is 12.2 Å². The minimum Gasteiger partial charge on any atom is -0.316 e. The first kappa shape index (κ1) is 13.1. The standard InChI is InChI=1S/C13H18ClNOS/c1-2-5-13(6-7-15-9-13)11(16)8-10-3-4-12(14)17-10/h3-4,15H,2,5-9H2,1H3. The van der Waals surface area contributed by atoms with Crippen LogP contribution in [-0.4, -0.2) is 18.9 Å². The Balaban J connectivity index is 2.06. The minimum absolute atomic E-state index is 0.120. The lowest BCUT2D eigenvalue weighted by atomic mass is 9.77. The highest BCUT2D eigenvalue weighted by atomic mass is 35.5. The molecule has 94 valence electrons. The van der Waals surface area contributed by atoms with Crippen LogP contribution in [-0.2, 0) is 11.2 Å². The lowest BCUT2D eigenvalue weighted by Crippen LogP contribution is -2.34. The van der Waals surface area contributed by atoms with E-state index in [0.29, 0.717) is 12.2 Å². The van der Waals surface area contributed by atoms with Crippen molar-refractivity contribution in [2.45, 2.75) is 32.6 Å². The van der Waals surface area contributed by atoms with Gasteiger partial charge in [0.1, 0.15) is 5.78 Å². The zero-order valence-electron chi connectivity index (χ0n) is 10.1. The number of hydrogen-bond acceptors (Lipinski definition) is 3. The molecule has 1 unspecified atom stereocenters. The van der Waals surface area contributed by atoms with E-state index in [1.54, 1.807) is 0 Å². The predicted molar refractivity (Wildman–Crippen MR) is 72.9 cm³/mol. The van der Waals surface area contributed by atoms with Crippen molar-refractivity contribution in [3.8, 4) is 0 Å². The van der Waals surface area contributed by atoms with Crippen LogP contribution in [0.1, 0.15) is 31.1 Å². The van der Waals surface area contributed by atoms with Crippen LogP contribution in [0.4, 0.5) is 0 Å². The van der Waals surface area contributed by atoms with Gasteiger partial charge in [0.25, 0.3) is 0 Å². The molecule has 0 aromatic carbocycles. The normalized spacial score (nSPS) is 24.1. The molecule has 2 nitrogen and oxygen atoms in total. The Kier molecular flexibility index (Phi) is 4.23. The molecule has 2 rings (SSSR count). The van der Waals surface area contributed by atoms with E-state index in [0.717, 1.165) is 41.6 Å². The van der Waals surface area contributed by atoms with Gasteiger partial charge in [-0.2, -0.15) is 0 Å². The van der Waals surface area contributed by atoms with Gasteiger partial charge in [-0.05, 0) is 31.5 Å². The fraction of sp³-hybridized carbons (Fsp3) is 0.615. The van der Waals surface area contributed by atoms with Crippen LogP contribution in [0.25, 0.3) is 0 Å². The summed E-state index contributed by atoms with van der Waals surface area (Å²) in [5.41, 5.74) is -0.120. The smallest absolute Gasteiger partial charge is 0.145 e. The van der Waals surface area contributed by atoms with E-state index in [1.165, 1.54) is 11.3 Å². The number of halogens is 1. The monoisotopic (exact) mass is 271 g/mol. The van der Waals surface area contributed by atoms with E-state index in [9.17, 15) is 4.79 Å². The molecule has 1 aromatic rings. The molecular formula is C13H18ClNOS. The number of ketones is 1. The van der Waals surface area contributed by atoms with Gasteiger partial charge in [-0.25, -0.2) is 0 Å². The fourth-order valence-corrected chi connectivity index (χ4v) is 3.69. The van der Waals surface area contributed by atoms with E-state index in [-0.39, 0.29) is 5.41 Å². The second-order valence-electron chi connectivity index (χ2n) is 4.76. The maximum absolute atomic E-state index is 12.5.